The molecule has 0 saturated heterocycles. The highest BCUT2D eigenvalue weighted by molar-refractivity contribution is 5.76. The monoisotopic (exact) mass is 900 g/mol. The van der Waals surface area contributed by atoms with Gasteiger partial charge in [-0.25, -0.2) is 0 Å². The molecule has 0 aromatic carbocycles. The van der Waals surface area contributed by atoms with Crippen LogP contribution in [0.4, 0.5) is 0 Å². The quantitative estimate of drug-likeness (QED) is 0.0321. The fourth-order valence-corrected chi connectivity index (χ4v) is 8.50. The van der Waals surface area contributed by atoms with E-state index >= 15 is 0 Å². The number of amides is 1. The van der Waals surface area contributed by atoms with Crippen LogP contribution in [0.3, 0.4) is 0 Å². The molecule has 0 bridgehead atoms. The molecule has 0 saturated carbocycles. The van der Waals surface area contributed by atoms with Gasteiger partial charge in [0.05, 0.1) is 25.4 Å². The van der Waals surface area contributed by atoms with E-state index in [1.165, 1.54) is 193 Å². The third-order valence-electron chi connectivity index (χ3n) is 12.9. The lowest BCUT2D eigenvalue weighted by Gasteiger charge is -2.20. The molecule has 0 spiro atoms. The van der Waals surface area contributed by atoms with Gasteiger partial charge in [0.15, 0.2) is 0 Å². The number of hydrogen-bond donors (Lipinski definition) is 3. The maximum atomic E-state index is 12.4. The number of carbonyl (C=O) groups excluding carboxylic acids is 2. The van der Waals surface area contributed by atoms with Crippen molar-refractivity contribution in [2.45, 2.75) is 309 Å². The molecule has 0 rings (SSSR count). The van der Waals surface area contributed by atoms with Crippen molar-refractivity contribution in [3.63, 3.8) is 0 Å². The first-order valence-electron chi connectivity index (χ1n) is 28.3. The Morgan fingerprint density at radius 2 is 0.734 bits per heavy atom. The zero-order valence-corrected chi connectivity index (χ0v) is 42.8. The summed E-state index contributed by atoms with van der Waals surface area (Å²) in [5.41, 5.74) is 0. The van der Waals surface area contributed by atoms with Gasteiger partial charge in [-0.05, 0) is 83.5 Å². The van der Waals surface area contributed by atoms with Crippen LogP contribution in [0.1, 0.15) is 296 Å². The lowest BCUT2D eigenvalue weighted by molar-refractivity contribution is -0.143. The molecule has 6 heteroatoms. The summed E-state index contributed by atoms with van der Waals surface area (Å²) in [6.07, 6.45) is 65.9. The van der Waals surface area contributed by atoms with Crippen LogP contribution in [0.5, 0.6) is 0 Å². The molecule has 64 heavy (non-hydrogen) atoms. The number of esters is 1. The van der Waals surface area contributed by atoms with Crippen molar-refractivity contribution in [2.75, 3.05) is 13.2 Å². The van der Waals surface area contributed by atoms with Gasteiger partial charge in [0, 0.05) is 12.8 Å². The van der Waals surface area contributed by atoms with Crippen LogP contribution in [0.15, 0.2) is 36.5 Å². The Morgan fingerprint density at radius 3 is 1.11 bits per heavy atom. The van der Waals surface area contributed by atoms with Crippen molar-refractivity contribution in [3.8, 4) is 0 Å². The molecule has 6 nitrogen and oxygen atoms in total. The molecule has 0 fully saturated rings. The average Bonchev–Trinajstić information content (AvgIpc) is 3.29. The number of unbranched alkanes of at least 4 members (excludes halogenated alkanes) is 37. The maximum absolute atomic E-state index is 12.4. The van der Waals surface area contributed by atoms with Crippen LogP contribution in [0.2, 0.25) is 0 Å². The normalized spacial score (nSPS) is 12.9. The minimum absolute atomic E-state index is 0.0388. The van der Waals surface area contributed by atoms with Gasteiger partial charge in [-0.2, -0.15) is 0 Å². The molecular weight excluding hydrogens is 791 g/mol. The molecule has 0 aromatic heterocycles. The summed E-state index contributed by atoms with van der Waals surface area (Å²) in [5, 5.41) is 23.1. The van der Waals surface area contributed by atoms with Crippen molar-refractivity contribution < 1.29 is 24.5 Å². The van der Waals surface area contributed by atoms with Crippen molar-refractivity contribution >= 4 is 11.9 Å². The van der Waals surface area contributed by atoms with Crippen molar-refractivity contribution in [1.29, 1.82) is 0 Å². The lowest BCUT2D eigenvalue weighted by Crippen LogP contribution is -2.45. The highest BCUT2D eigenvalue weighted by atomic mass is 16.5. The molecule has 0 radical (unpaired) electrons. The van der Waals surface area contributed by atoms with Crippen LogP contribution in [0, 0.1) is 0 Å². The summed E-state index contributed by atoms with van der Waals surface area (Å²) >= 11 is 0. The van der Waals surface area contributed by atoms with Crippen LogP contribution in [-0.2, 0) is 14.3 Å². The van der Waals surface area contributed by atoms with Crippen LogP contribution in [-0.4, -0.2) is 47.4 Å². The van der Waals surface area contributed by atoms with Gasteiger partial charge in [-0.15, -0.1) is 0 Å². The van der Waals surface area contributed by atoms with Gasteiger partial charge < -0.3 is 20.3 Å². The first-order chi connectivity index (χ1) is 31.5. The standard InChI is InChI=1S/C58H109NO5/c1-3-5-7-9-11-13-15-17-19-21-23-25-27-29-31-36-40-44-48-52-58(63)64-53-49-45-41-37-33-32-35-39-43-47-51-57(62)59-55(54-60)56(61)50-46-42-38-34-30-28-26-24-22-20-18-16-14-12-10-8-6-4-2/h17,19,33,37,46,50,55-56,60-61H,3-16,18,20-32,34-36,38-45,47-49,51-54H2,1-2H3,(H,59,62)/b19-17-,37-33-,50-46+. The van der Waals surface area contributed by atoms with E-state index in [0.717, 1.165) is 77.0 Å². The Kier molecular flexibility index (Phi) is 52.1. The number of aliphatic hydroxyl groups is 2. The SMILES string of the molecule is CCCCCCCC/C=C\CCCCCCCCCCCC(=O)OCCCC/C=C\CCCCCCC(=O)NC(CO)C(O)/C=C/CCCCCCCCCCCCCCCCCC. The molecule has 2 atom stereocenters. The molecule has 2 unspecified atom stereocenters. The second-order valence-corrected chi connectivity index (χ2v) is 19.3. The van der Waals surface area contributed by atoms with Crippen molar-refractivity contribution in [3.05, 3.63) is 36.5 Å². The number of carbonyl (C=O) groups is 2. The Bertz CT molecular complexity index is 1040. The number of rotatable bonds is 52. The largest absolute Gasteiger partial charge is 0.466 e. The maximum Gasteiger partial charge on any atom is 0.305 e. The molecule has 0 aliphatic carbocycles. The van der Waals surface area contributed by atoms with Crippen LogP contribution >= 0.6 is 0 Å². The third kappa shape index (κ3) is 49.5. The molecule has 376 valence electrons. The van der Waals surface area contributed by atoms with Gasteiger partial charge in [-0.1, -0.05) is 237 Å². The van der Waals surface area contributed by atoms with E-state index in [4.69, 9.17) is 4.74 Å². The summed E-state index contributed by atoms with van der Waals surface area (Å²) in [6, 6.07) is -0.654. The van der Waals surface area contributed by atoms with Crippen LogP contribution < -0.4 is 5.32 Å². The predicted octanol–water partition coefficient (Wildman–Crippen LogP) is 17.2. The second kappa shape index (κ2) is 53.7. The minimum atomic E-state index is -0.867. The number of allylic oxidation sites excluding steroid dienone is 5. The van der Waals surface area contributed by atoms with Gasteiger partial charge in [0.1, 0.15) is 0 Å². The zero-order chi connectivity index (χ0) is 46.5. The summed E-state index contributed by atoms with van der Waals surface area (Å²) in [7, 11) is 0. The summed E-state index contributed by atoms with van der Waals surface area (Å²) < 4.78 is 5.45. The smallest absolute Gasteiger partial charge is 0.305 e. The zero-order valence-electron chi connectivity index (χ0n) is 42.8. The van der Waals surface area contributed by atoms with E-state index in [-0.39, 0.29) is 18.5 Å². The Morgan fingerprint density at radius 1 is 0.422 bits per heavy atom. The van der Waals surface area contributed by atoms with Gasteiger partial charge >= 0.3 is 5.97 Å². The van der Waals surface area contributed by atoms with Crippen molar-refractivity contribution in [2.24, 2.45) is 0 Å². The topological polar surface area (TPSA) is 95.9 Å². The average molecular weight is 901 g/mol. The predicted molar refractivity (Wildman–Crippen MR) is 278 cm³/mol. The third-order valence-corrected chi connectivity index (χ3v) is 12.9. The van der Waals surface area contributed by atoms with E-state index in [1.807, 2.05) is 6.08 Å². The van der Waals surface area contributed by atoms with E-state index in [9.17, 15) is 19.8 Å². The second-order valence-electron chi connectivity index (χ2n) is 19.3. The molecule has 0 aromatic rings. The summed E-state index contributed by atoms with van der Waals surface area (Å²) in [6.45, 7) is 4.82. The van der Waals surface area contributed by atoms with E-state index in [2.05, 4.69) is 43.5 Å². The van der Waals surface area contributed by atoms with Crippen LogP contribution in [0.25, 0.3) is 0 Å². The molecule has 0 aliphatic heterocycles. The molecular formula is C58H109NO5. The van der Waals surface area contributed by atoms with Crippen molar-refractivity contribution in [1.82, 2.24) is 5.32 Å². The van der Waals surface area contributed by atoms with Gasteiger partial charge in [0.2, 0.25) is 5.91 Å². The Balaban J connectivity index is 3.54. The molecule has 1 amide bonds. The minimum Gasteiger partial charge on any atom is -0.466 e. The Hall–Kier alpha value is -1.92. The lowest BCUT2D eigenvalue weighted by atomic mass is 10.0. The summed E-state index contributed by atoms with van der Waals surface area (Å²) in [5.74, 6) is -0.141. The molecule has 0 heterocycles. The number of aliphatic hydroxyl groups excluding tert-OH is 2. The molecule has 3 N–H and O–H groups in total. The fraction of sp³-hybridized carbons (Fsp3) is 0.862. The number of ether oxygens (including phenoxy) is 1. The van der Waals surface area contributed by atoms with Gasteiger partial charge in [-0.3, -0.25) is 9.59 Å². The van der Waals surface area contributed by atoms with E-state index in [1.54, 1.807) is 6.08 Å². The first kappa shape index (κ1) is 62.1. The van der Waals surface area contributed by atoms with E-state index < -0.39 is 12.1 Å². The number of nitrogens with one attached hydrogen (secondary N) is 1. The number of hydrogen-bond acceptors (Lipinski definition) is 5. The first-order valence-corrected chi connectivity index (χ1v) is 28.3. The van der Waals surface area contributed by atoms with Gasteiger partial charge in [0.25, 0.3) is 0 Å². The highest BCUT2D eigenvalue weighted by Crippen LogP contribution is 2.16. The fourth-order valence-electron chi connectivity index (χ4n) is 8.50. The molecule has 0 aliphatic rings. The Labute approximate surface area is 398 Å². The summed E-state index contributed by atoms with van der Waals surface area (Å²) in [4.78, 5) is 24.5. The van der Waals surface area contributed by atoms with E-state index in [0.29, 0.717) is 19.4 Å². The highest BCUT2D eigenvalue weighted by Gasteiger charge is 2.18.